The van der Waals surface area contributed by atoms with Crippen LogP contribution in [0.4, 0.5) is 0 Å². The third kappa shape index (κ3) is 7.59. The Morgan fingerprint density at radius 1 is 0.839 bits per heavy atom. The Morgan fingerprint density at radius 2 is 1.29 bits per heavy atom. The number of benzene rings is 2. The van der Waals surface area contributed by atoms with E-state index in [1.807, 2.05) is 24.3 Å². The third-order valence-electron chi connectivity index (χ3n) is 5.87. The summed E-state index contributed by atoms with van der Waals surface area (Å²) in [5.74, 6) is 1.42. The molecule has 5 nitrogen and oxygen atoms in total. The highest BCUT2D eigenvalue weighted by molar-refractivity contribution is 6.76. The Bertz CT molecular complexity index is 766. The number of ether oxygens (including phenoxy) is 2. The van der Waals surface area contributed by atoms with Gasteiger partial charge in [0.25, 0.3) is 0 Å². The van der Waals surface area contributed by atoms with E-state index < -0.39 is 8.32 Å². The molecule has 0 atom stereocenters. The lowest BCUT2D eigenvalue weighted by Gasteiger charge is -2.32. The molecule has 0 spiro atoms. The summed E-state index contributed by atoms with van der Waals surface area (Å²) >= 11 is 0. The molecule has 0 heterocycles. The summed E-state index contributed by atoms with van der Waals surface area (Å²) in [6.07, 6.45) is 6.34. The minimum atomic E-state index is -1.78. The van der Waals surface area contributed by atoms with Gasteiger partial charge in [0, 0.05) is 0 Å². The molecule has 0 aliphatic carbocycles. The number of hydrogen-bond donors (Lipinski definition) is 2. The maximum absolute atomic E-state index is 9.80. The predicted octanol–water partition coefficient (Wildman–Crippen LogP) is 5.72. The van der Waals surface area contributed by atoms with Gasteiger partial charge in [0.2, 0.25) is 9.76 Å². The van der Waals surface area contributed by atoms with Gasteiger partial charge in [-0.1, -0.05) is 25.0 Å². The van der Waals surface area contributed by atoms with E-state index in [-0.39, 0.29) is 11.5 Å². The van der Waals surface area contributed by atoms with E-state index in [0.717, 1.165) is 38.5 Å². The van der Waals surface area contributed by atoms with Gasteiger partial charge < -0.3 is 23.8 Å². The number of methoxy groups -OCH3 is 2. The first-order valence-electron chi connectivity index (χ1n) is 10.9. The summed E-state index contributed by atoms with van der Waals surface area (Å²) in [4.78, 5) is 0. The zero-order valence-corrected chi connectivity index (χ0v) is 21.4. The number of aryl methyl sites for hydroxylation is 2. The van der Waals surface area contributed by atoms with E-state index >= 15 is 0 Å². The van der Waals surface area contributed by atoms with Gasteiger partial charge in [0.05, 0.1) is 14.2 Å². The molecule has 0 amide bonds. The number of phenolic OH excluding ortho intramolecular Hbond substituents is 2. The van der Waals surface area contributed by atoms with Crippen LogP contribution in [-0.4, -0.2) is 42.5 Å². The summed E-state index contributed by atoms with van der Waals surface area (Å²) in [5.41, 5.74) is 2.95. The van der Waals surface area contributed by atoms with Crippen LogP contribution in [0.1, 0.15) is 36.8 Å². The van der Waals surface area contributed by atoms with Crippen LogP contribution in [0.5, 0.6) is 23.0 Å². The molecular formula is C24H36O5Si2. The van der Waals surface area contributed by atoms with Crippen LogP contribution in [-0.2, 0) is 17.0 Å². The topological polar surface area (TPSA) is 68.2 Å². The highest BCUT2D eigenvalue weighted by Gasteiger charge is 2.32. The molecule has 0 aliphatic rings. The largest absolute Gasteiger partial charge is 0.504 e. The van der Waals surface area contributed by atoms with Gasteiger partial charge in [0.15, 0.2) is 31.3 Å². The Hall–Kier alpha value is -1.97. The van der Waals surface area contributed by atoms with Crippen molar-refractivity contribution >= 4 is 18.1 Å². The molecule has 31 heavy (non-hydrogen) atoms. The SMILES string of the molecule is COc1cc(CCCC(CCCc2ccc(O)c(OC)c2)[Si](C)(C)O[Si]C)ccc1O. The van der Waals surface area contributed by atoms with Crippen molar-refractivity contribution in [1.29, 1.82) is 0 Å². The van der Waals surface area contributed by atoms with Gasteiger partial charge in [-0.3, -0.25) is 0 Å². The maximum atomic E-state index is 9.80. The molecule has 0 fully saturated rings. The molecule has 170 valence electrons. The van der Waals surface area contributed by atoms with Crippen molar-refractivity contribution in [2.45, 2.75) is 63.7 Å². The van der Waals surface area contributed by atoms with Gasteiger partial charge >= 0.3 is 0 Å². The minimum Gasteiger partial charge on any atom is -0.504 e. The lowest BCUT2D eigenvalue weighted by Crippen LogP contribution is -2.37. The van der Waals surface area contributed by atoms with Gasteiger partial charge in [-0.05, 0) is 86.3 Å². The molecule has 0 saturated heterocycles. The lowest BCUT2D eigenvalue weighted by atomic mass is 10.0. The molecule has 2 aromatic carbocycles. The first-order chi connectivity index (χ1) is 14.8. The van der Waals surface area contributed by atoms with Crippen molar-refractivity contribution in [3.63, 3.8) is 0 Å². The van der Waals surface area contributed by atoms with E-state index in [1.54, 1.807) is 26.4 Å². The molecule has 7 heteroatoms. The van der Waals surface area contributed by atoms with Crippen molar-refractivity contribution in [3.05, 3.63) is 47.5 Å². The van der Waals surface area contributed by atoms with E-state index in [9.17, 15) is 10.2 Å². The fourth-order valence-corrected chi connectivity index (χ4v) is 8.62. The number of rotatable bonds is 13. The standard InChI is InChI=1S/C24H36O5Si2/c1-27-23-16-18(12-14-21(23)25)8-6-10-20(31(4,5)29-30-3)11-7-9-19-13-15-22(26)24(17-19)28-2/h12-17,20,25-26H,6-11H2,1-5H3. The second-order valence-electron chi connectivity index (χ2n) is 8.40. The monoisotopic (exact) mass is 460 g/mol. The first-order valence-corrected chi connectivity index (χ1v) is 15.3. The number of hydrogen-bond acceptors (Lipinski definition) is 5. The molecular weight excluding hydrogens is 424 g/mol. The summed E-state index contributed by atoms with van der Waals surface area (Å²) in [5, 5.41) is 19.6. The molecule has 2 N–H and O–H groups in total. The van der Waals surface area contributed by atoms with E-state index in [4.69, 9.17) is 13.6 Å². The Morgan fingerprint density at radius 3 is 1.68 bits per heavy atom. The molecule has 0 saturated carbocycles. The van der Waals surface area contributed by atoms with Crippen LogP contribution in [0.3, 0.4) is 0 Å². The third-order valence-corrected chi connectivity index (χ3v) is 11.3. The Kier molecular flexibility index (Phi) is 9.93. The van der Waals surface area contributed by atoms with Crippen molar-refractivity contribution in [1.82, 2.24) is 0 Å². The van der Waals surface area contributed by atoms with Crippen LogP contribution in [0, 0.1) is 0 Å². The number of phenols is 2. The highest BCUT2D eigenvalue weighted by atomic mass is 28.4. The van der Waals surface area contributed by atoms with Gasteiger partial charge in [-0.25, -0.2) is 0 Å². The molecule has 2 rings (SSSR count). The van der Waals surface area contributed by atoms with Crippen molar-refractivity contribution in [2.75, 3.05) is 14.2 Å². The van der Waals surface area contributed by atoms with E-state index in [1.165, 1.54) is 11.1 Å². The molecule has 0 aromatic heterocycles. The van der Waals surface area contributed by atoms with Gasteiger partial charge in [-0.2, -0.15) is 0 Å². The molecule has 0 aliphatic heterocycles. The van der Waals surface area contributed by atoms with Crippen LogP contribution in [0.2, 0.25) is 25.2 Å². The summed E-state index contributed by atoms with van der Waals surface area (Å²) in [6.45, 7) is 6.78. The smallest absolute Gasteiger partial charge is 0.211 e. The van der Waals surface area contributed by atoms with Crippen LogP contribution >= 0.6 is 0 Å². The molecule has 0 unspecified atom stereocenters. The van der Waals surface area contributed by atoms with Gasteiger partial charge in [0.1, 0.15) is 0 Å². The minimum absolute atomic E-state index is 0.181. The fourth-order valence-electron chi connectivity index (χ4n) is 4.05. The summed E-state index contributed by atoms with van der Waals surface area (Å²) < 4.78 is 16.7. The molecule has 2 radical (unpaired) electrons. The van der Waals surface area contributed by atoms with Crippen LogP contribution in [0.25, 0.3) is 0 Å². The van der Waals surface area contributed by atoms with E-state index in [0.29, 0.717) is 26.8 Å². The fraction of sp³-hybridized carbons (Fsp3) is 0.500. The highest BCUT2D eigenvalue weighted by Crippen LogP contribution is 2.35. The quantitative estimate of drug-likeness (QED) is 0.374. The Labute approximate surface area is 190 Å². The number of aromatic hydroxyl groups is 2. The van der Waals surface area contributed by atoms with Crippen LogP contribution < -0.4 is 9.47 Å². The second-order valence-corrected chi connectivity index (χ2v) is 13.7. The average Bonchev–Trinajstić information content (AvgIpc) is 2.74. The maximum Gasteiger partial charge on any atom is 0.211 e. The van der Waals surface area contributed by atoms with E-state index in [2.05, 4.69) is 19.6 Å². The van der Waals surface area contributed by atoms with Crippen molar-refractivity contribution < 1.29 is 23.8 Å². The summed E-state index contributed by atoms with van der Waals surface area (Å²) in [7, 11) is 1.90. The Balaban J connectivity index is 1.96. The zero-order valence-electron chi connectivity index (χ0n) is 19.4. The lowest BCUT2D eigenvalue weighted by molar-refractivity contribution is 0.373. The van der Waals surface area contributed by atoms with Gasteiger partial charge in [-0.15, -0.1) is 0 Å². The zero-order chi connectivity index (χ0) is 22.9. The predicted molar refractivity (Wildman–Crippen MR) is 129 cm³/mol. The first kappa shape index (κ1) is 25.3. The normalized spacial score (nSPS) is 11.7. The molecule has 2 aromatic rings. The van der Waals surface area contributed by atoms with Crippen LogP contribution in [0.15, 0.2) is 36.4 Å². The second kappa shape index (κ2) is 12.2. The molecule has 0 bridgehead atoms. The summed E-state index contributed by atoms with van der Waals surface area (Å²) in [6, 6.07) is 11.2. The average molecular weight is 461 g/mol. The van der Waals surface area contributed by atoms with Crippen molar-refractivity contribution in [2.24, 2.45) is 0 Å². The van der Waals surface area contributed by atoms with Crippen molar-refractivity contribution in [3.8, 4) is 23.0 Å².